The largest absolute Gasteiger partial charge is 0.494 e. The number of ether oxygens (including phenoxy) is 2. The molecule has 3 N–H and O–H groups in total. The zero-order chi connectivity index (χ0) is 39.7. The first kappa shape index (κ1) is 47.0. The molecule has 2 fully saturated rings. The second-order valence-electron chi connectivity index (χ2n) is 16.4. The summed E-state index contributed by atoms with van der Waals surface area (Å²) in [7, 11) is 0. The average molecular weight is 788 g/mol. The Kier molecular flexibility index (Phi) is 23.4. The van der Waals surface area contributed by atoms with Crippen LogP contribution in [0.15, 0.2) is 42.5 Å². The van der Waals surface area contributed by atoms with Gasteiger partial charge in [0.1, 0.15) is 5.75 Å². The number of aliphatic hydroxyl groups excluding tert-OH is 2. The zero-order valence-corrected chi connectivity index (χ0v) is 35.1. The van der Waals surface area contributed by atoms with Crippen molar-refractivity contribution >= 4 is 23.5 Å². The zero-order valence-electron chi connectivity index (χ0n) is 34.4. The van der Waals surface area contributed by atoms with Crippen LogP contribution >= 0.6 is 11.6 Å². The van der Waals surface area contributed by atoms with Gasteiger partial charge in [0, 0.05) is 17.7 Å². The third kappa shape index (κ3) is 17.4. The van der Waals surface area contributed by atoms with Gasteiger partial charge in [-0.1, -0.05) is 122 Å². The van der Waals surface area contributed by atoms with E-state index in [1.807, 2.05) is 12.1 Å². The number of rotatable bonds is 31. The summed E-state index contributed by atoms with van der Waals surface area (Å²) in [5.74, 6) is -0.423. The van der Waals surface area contributed by atoms with Gasteiger partial charge in [-0.3, -0.25) is 4.79 Å². The Morgan fingerprint density at radius 1 is 0.891 bits per heavy atom. The topological polar surface area (TPSA) is 113 Å². The van der Waals surface area contributed by atoms with Gasteiger partial charge in [0.25, 0.3) is 0 Å². The van der Waals surface area contributed by atoms with Crippen molar-refractivity contribution in [3.8, 4) is 5.75 Å². The maximum absolute atomic E-state index is 12.4. The Morgan fingerprint density at radius 2 is 1.56 bits per heavy atom. The number of aliphatic hydroxyl groups is 2. The molecule has 2 saturated carbocycles. The average Bonchev–Trinajstić information content (AvgIpc) is 3.42. The molecule has 3 rings (SSSR count). The van der Waals surface area contributed by atoms with E-state index in [0.717, 1.165) is 44.9 Å². The van der Waals surface area contributed by atoms with E-state index in [-0.39, 0.29) is 46.9 Å². The van der Waals surface area contributed by atoms with Crippen LogP contribution in [0, 0.1) is 17.3 Å². The molecule has 0 aromatic heterocycles. The first-order chi connectivity index (χ1) is 26.7. The summed E-state index contributed by atoms with van der Waals surface area (Å²) < 4.78 is 11.4. The van der Waals surface area contributed by atoms with Crippen LogP contribution in [-0.4, -0.2) is 58.1 Å². The van der Waals surface area contributed by atoms with Gasteiger partial charge < -0.3 is 24.8 Å². The highest BCUT2D eigenvalue weighted by Gasteiger charge is 2.42. The van der Waals surface area contributed by atoms with E-state index in [1.54, 1.807) is 12.1 Å². The van der Waals surface area contributed by atoms with Crippen LogP contribution in [-0.2, 0) is 16.0 Å². The minimum Gasteiger partial charge on any atom is -0.494 e. The number of alkyl halides is 1. The molecule has 0 bridgehead atoms. The quantitative estimate of drug-likeness (QED) is 0.0297. The molecule has 7 nitrogen and oxygen atoms in total. The second-order valence-corrected chi connectivity index (χ2v) is 17.0. The second kappa shape index (κ2) is 27.3. The SMILES string of the molecule is CCCCCCCCCCCCCCCOc1ccc(C(=O)O)c(CCCOC(=O)CCCC=CC[C@@H]2[C@@H](C=CC[C@H](O)C3(CC)CCC3)[C@H](O)C[C@H]2Cl)c1. The number of esters is 1. The summed E-state index contributed by atoms with van der Waals surface area (Å²) in [5, 5.41) is 31.0. The van der Waals surface area contributed by atoms with Crippen molar-refractivity contribution < 1.29 is 34.4 Å². The number of halogens is 1. The molecule has 1 aromatic rings. The summed E-state index contributed by atoms with van der Waals surface area (Å²) in [4.78, 5) is 24.2. The molecular formula is C47H75ClO7. The van der Waals surface area contributed by atoms with Crippen LogP contribution in [0.4, 0.5) is 0 Å². The Morgan fingerprint density at radius 3 is 2.18 bits per heavy atom. The van der Waals surface area contributed by atoms with E-state index in [9.17, 15) is 24.9 Å². The standard InChI is InChI=1S/C47H75ClO7/c1-3-5-6-7-8-9-10-11-12-13-14-17-20-33-54-38-29-30-39(46(52)53)37(35-38)24-22-34-55-45(51)28-19-16-15-18-25-40-41(43(49)36-42(40)48)26-21-27-44(50)47(4-2)31-23-32-47/h15,18,21,26,29-30,35,40-44,49-50H,3-14,16-17,19-20,22-25,27-28,31-34,36H2,1-2H3,(H,52,53)/t40-,41-,42-,43-,44+/m1/s1. The maximum Gasteiger partial charge on any atom is 0.335 e. The normalized spacial score (nSPS) is 21.3. The molecule has 0 spiro atoms. The fourth-order valence-corrected chi connectivity index (χ4v) is 8.93. The lowest BCUT2D eigenvalue weighted by atomic mass is 9.63. The number of carboxylic acids is 1. The number of unbranched alkanes of at least 4 members (excludes halogenated alkanes) is 13. The van der Waals surface area contributed by atoms with Gasteiger partial charge in [0.15, 0.2) is 0 Å². The predicted molar refractivity (Wildman–Crippen MR) is 225 cm³/mol. The number of aromatic carboxylic acids is 1. The third-order valence-electron chi connectivity index (χ3n) is 12.4. The highest BCUT2D eigenvalue weighted by atomic mass is 35.5. The molecule has 0 saturated heterocycles. The fraction of sp³-hybridized carbons (Fsp3) is 0.745. The molecule has 2 aliphatic rings. The molecule has 55 heavy (non-hydrogen) atoms. The van der Waals surface area contributed by atoms with Crippen molar-refractivity contribution in [3.05, 3.63) is 53.6 Å². The lowest BCUT2D eigenvalue weighted by molar-refractivity contribution is -0.143. The fourth-order valence-electron chi connectivity index (χ4n) is 8.47. The Labute approximate surface area is 338 Å². The first-order valence-electron chi connectivity index (χ1n) is 22.2. The third-order valence-corrected chi connectivity index (χ3v) is 12.9. The molecule has 0 radical (unpaired) electrons. The first-order valence-corrected chi connectivity index (χ1v) is 22.6. The lowest BCUT2D eigenvalue weighted by Crippen LogP contribution is -2.40. The Balaban J connectivity index is 1.25. The molecule has 8 heteroatoms. The monoisotopic (exact) mass is 787 g/mol. The number of carbonyl (C=O) groups is 2. The maximum atomic E-state index is 12.4. The van der Waals surface area contributed by atoms with Crippen molar-refractivity contribution in [3.63, 3.8) is 0 Å². The molecular weight excluding hydrogens is 712 g/mol. The Hall–Kier alpha value is -2.35. The number of hydrogen-bond donors (Lipinski definition) is 3. The van der Waals surface area contributed by atoms with Crippen LogP contribution in [0.3, 0.4) is 0 Å². The van der Waals surface area contributed by atoms with Gasteiger partial charge in [-0.15, -0.1) is 11.6 Å². The molecule has 0 aliphatic heterocycles. The minimum absolute atomic E-state index is 0.0243. The highest BCUT2D eigenvalue weighted by molar-refractivity contribution is 6.21. The van der Waals surface area contributed by atoms with Crippen LogP contribution in [0.1, 0.15) is 184 Å². The van der Waals surface area contributed by atoms with Crippen LogP contribution in [0.5, 0.6) is 5.75 Å². The van der Waals surface area contributed by atoms with Crippen LogP contribution in [0.2, 0.25) is 0 Å². The molecule has 0 heterocycles. The Bertz CT molecular complexity index is 1270. The van der Waals surface area contributed by atoms with Gasteiger partial charge in [0.05, 0.1) is 31.0 Å². The smallest absolute Gasteiger partial charge is 0.335 e. The van der Waals surface area contributed by atoms with Gasteiger partial charge in [0.2, 0.25) is 0 Å². The number of hydrogen-bond acceptors (Lipinski definition) is 6. The van der Waals surface area contributed by atoms with Crippen molar-refractivity contribution in [2.75, 3.05) is 13.2 Å². The van der Waals surface area contributed by atoms with Gasteiger partial charge in [-0.2, -0.15) is 0 Å². The summed E-state index contributed by atoms with van der Waals surface area (Å²) in [6.07, 6.45) is 33.5. The van der Waals surface area contributed by atoms with E-state index in [4.69, 9.17) is 21.1 Å². The van der Waals surface area contributed by atoms with Gasteiger partial charge in [-0.05, 0) is 106 Å². The van der Waals surface area contributed by atoms with E-state index in [2.05, 4.69) is 32.1 Å². The molecule has 0 amide bonds. The number of benzene rings is 1. The molecule has 1 aromatic carbocycles. The van der Waals surface area contributed by atoms with Crippen molar-refractivity contribution in [1.29, 1.82) is 0 Å². The van der Waals surface area contributed by atoms with E-state index in [1.165, 1.54) is 77.0 Å². The molecule has 0 unspecified atom stereocenters. The summed E-state index contributed by atoms with van der Waals surface area (Å²) in [5.41, 5.74) is 1.02. The van der Waals surface area contributed by atoms with E-state index in [0.29, 0.717) is 56.4 Å². The summed E-state index contributed by atoms with van der Waals surface area (Å²) >= 11 is 6.64. The number of aryl methyl sites for hydroxylation is 1. The number of carboxylic acid groups (broad SMARTS) is 1. The lowest BCUT2D eigenvalue weighted by Gasteiger charge is -2.45. The van der Waals surface area contributed by atoms with Crippen LogP contribution in [0.25, 0.3) is 0 Å². The van der Waals surface area contributed by atoms with Gasteiger partial charge in [-0.25, -0.2) is 4.79 Å². The predicted octanol–water partition coefficient (Wildman–Crippen LogP) is 11.9. The van der Waals surface area contributed by atoms with E-state index >= 15 is 0 Å². The van der Waals surface area contributed by atoms with Crippen molar-refractivity contribution in [2.24, 2.45) is 17.3 Å². The van der Waals surface area contributed by atoms with E-state index < -0.39 is 12.1 Å². The molecule has 5 atom stereocenters. The van der Waals surface area contributed by atoms with Gasteiger partial charge >= 0.3 is 11.9 Å². The van der Waals surface area contributed by atoms with Crippen LogP contribution < -0.4 is 4.74 Å². The molecule has 2 aliphatic carbocycles. The molecule has 312 valence electrons. The summed E-state index contributed by atoms with van der Waals surface area (Å²) in [6, 6.07) is 5.16. The van der Waals surface area contributed by atoms with Crippen molar-refractivity contribution in [1.82, 2.24) is 0 Å². The summed E-state index contributed by atoms with van der Waals surface area (Å²) in [6.45, 7) is 5.29. The van der Waals surface area contributed by atoms with Crippen molar-refractivity contribution in [2.45, 2.75) is 192 Å². The highest BCUT2D eigenvalue weighted by Crippen LogP contribution is 2.48. The minimum atomic E-state index is -0.968. The number of allylic oxidation sites excluding steroid dienone is 2. The number of carbonyl (C=O) groups excluding carboxylic acids is 1.